The number of nitrogens with two attached hydrogens (primary N) is 1. The first kappa shape index (κ1) is 14.6. The highest BCUT2D eigenvalue weighted by Crippen LogP contribution is 2.24. The predicted octanol–water partition coefficient (Wildman–Crippen LogP) is 1.58. The maximum absolute atomic E-state index is 11.7. The number of oxime groups is 1. The van der Waals surface area contributed by atoms with E-state index in [1.54, 1.807) is 13.8 Å². The van der Waals surface area contributed by atoms with Crippen LogP contribution in [0.3, 0.4) is 0 Å². The van der Waals surface area contributed by atoms with Gasteiger partial charge in [0.2, 0.25) is 10.0 Å². The van der Waals surface area contributed by atoms with Crippen molar-refractivity contribution in [3.63, 3.8) is 0 Å². The molecule has 1 rings (SSSR count). The number of nitrogens with one attached hydrogen (secondary N) is 1. The molecule has 18 heavy (non-hydrogen) atoms. The first-order valence-corrected chi connectivity index (χ1v) is 6.99. The van der Waals surface area contributed by atoms with Crippen LogP contribution >= 0.6 is 11.6 Å². The highest BCUT2D eigenvalue weighted by atomic mass is 35.5. The molecule has 0 radical (unpaired) electrons. The first-order chi connectivity index (χ1) is 8.27. The number of benzene rings is 1. The molecule has 0 aromatic heterocycles. The van der Waals surface area contributed by atoms with Gasteiger partial charge in [-0.25, -0.2) is 8.42 Å². The number of hydrogen-bond donors (Lipinski definition) is 3. The zero-order valence-corrected chi connectivity index (χ0v) is 11.5. The van der Waals surface area contributed by atoms with Gasteiger partial charge in [0.1, 0.15) is 0 Å². The summed E-state index contributed by atoms with van der Waals surface area (Å²) in [5.41, 5.74) is 6.04. The van der Waals surface area contributed by atoms with Crippen molar-refractivity contribution in [3.05, 3.63) is 28.8 Å². The van der Waals surface area contributed by atoms with Crippen molar-refractivity contribution in [2.24, 2.45) is 10.9 Å². The van der Waals surface area contributed by atoms with Crippen molar-refractivity contribution in [2.75, 3.05) is 4.72 Å². The molecule has 1 aromatic rings. The summed E-state index contributed by atoms with van der Waals surface area (Å²) in [6.07, 6.45) is 0. The zero-order valence-electron chi connectivity index (χ0n) is 9.88. The van der Waals surface area contributed by atoms with Crippen LogP contribution in [0.4, 0.5) is 5.69 Å². The van der Waals surface area contributed by atoms with E-state index in [4.69, 9.17) is 22.5 Å². The van der Waals surface area contributed by atoms with Crippen molar-refractivity contribution in [1.29, 1.82) is 0 Å². The van der Waals surface area contributed by atoms with E-state index in [0.29, 0.717) is 5.56 Å². The Balaban J connectivity index is 3.08. The van der Waals surface area contributed by atoms with Crippen molar-refractivity contribution < 1.29 is 13.6 Å². The number of amidine groups is 1. The van der Waals surface area contributed by atoms with Crippen LogP contribution in [0.25, 0.3) is 0 Å². The lowest BCUT2D eigenvalue weighted by atomic mass is 10.2. The Morgan fingerprint density at radius 2 is 2.11 bits per heavy atom. The SMILES string of the molecule is CC(C)S(=O)(=O)Nc1ccc(/C(N)=N/O)cc1Cl. The number of anilines is 1. The predicted molar refractivity (Wildman–Crippen MR) is 71.6 cm³/mol. The summed E-state index contributed by atoms with van der Waals surface area (Å²) in [6.45, 7) is 3.11. The molecule has 1 aromatic carbocycles. The molecule has 0 fully saturated rings. The van der Waals surface area contributed by atoms with Crippen LogP contribution in [-0.2, 0) is 10.0 Å². The Morgan fingerprint density at radius 1 is 1.50 bits per heavy atom. The molecule has 0 spiro atoms. The zero-order chi connectivity index (χ0) is 13.9. The van der Waals surface area contributed by atoms with E-state index < -0.39 is 15.3 Å². The second-order valence-corrected chi connectivity index (χ2v) is 6.52. The Hall–Kier alpha value is -1.47. The lowest BCUT2D eigenvalue weighted by Crippen LogP contribution is -2.22. The molecule has 0 aliphatic rings. The maximum Gasteiger partial charge on any atom is 0.235 e. The van der Waals surface area contributed by atoms with Crippen LogP contribution < -0.4 is 10.5 Å². The second kappa shape index (κ2) is 5.45. The summed E-state index contributed by atoms with van der Waals surface area (Å²) >= 11 is 5.92. The molecule has 0 heterocycles. The molecule has 0 bridgehead atoms. The van der Waals surface area contributed by atoms with Crippen LogP contribution in [0.2, 0.25) is 5.02 Å². The lowest BCUT2D eigenvalue weighted by molar-refractivity contribution is 0.318. The largest absolute Gasteiger partial charge is 0.409 e. The second-order valence-electron chi connectivity index (χ2n) is 3.88. The minimum atomic E-state index is -3.46. The van der Waals surface area contributed by atoms with Gasteiger partial charge in [0.25, 0.3) is 0 Å². The number of hydrogen-bond acceptors (Lipinski definition) is 4. The van der Waals surface area contributed by atoms with Crippen LogP contribution in [0.1, 0.15) is 19.4 Å². The maximum atomic E-state index is 11.7. The van der Waals surface area contributed by atoms with Gasteiger partial charge in [-0.05, 0) is 32.0 Å². The monoisotopic (exact) mass is 291 g/mol. The van der Waals surface area contributed by atoms with E-state index in [9.17, 15) is 8.42 Å². The van der Waals surface area contributed by atoms with Crippen molar-refractivity contribution in [2.45, 2.75) is 19.1 Å². The van der Waals surface area contributed by atoms with Gasteiger partial charge in [0, 0.05) is 5.56 Å². The normalized spacial score (nSPS) is 12.8. The fourth-order valence-corrected chi connectivity index (χ4v) is 2.09. The Morgan fingerprint density at radius 3 is 2.56 bits per heavy atom. The van der Waals surface area contributed by atoms with Crippen LogP contribution in [0.5, 0.6) is 0 Å². The molecular weight excluding hydrogens is 278 g/mol. The standard InChI is InChI=1S/C10H14ClN3O3S/c1-6(2)18(16,17)14-9-4-3-7(5-8(9)11)10(12)13-15/h3-6,14-15H,1-2H3,(H2,12,13). The molecule has 0 saturated heterocycles. The summed E-state index contributed by atoms with van der Waals surface area (Å²) in [6, 6.07) is 4.36. The summed E-state index contributed by atoms with van der Waals surface area (Å²) in [5, 5.41) is 10.9. The molecule has 0 atom stereocenters. The third kappa shape index (κ3) is 3.27. The van der Waals surface area contributed by atoms with Crippen LogP contribution in [0.15, 0.2) is 23.4 Å². The Labute approximate surface area is 110 Å². The van der Waals surface area contributed by atoms with E-state index in [1.807, 2.05) is 0 Å². The summed E-state index contributed by atoms with van der Waals surface area (Å²) in [5.74, 6) is -0.102. The van der Waals surface area contributed by atoms with Crippen LogP contribution in [-0.4, -0.2) is 24.7 Å². The van der Waals surface area contributed by atoms with Crippen molar-refractivity contribution >= 4 is 33.1 Å². The Bertz CT molecular complexity index is 570. The van der Waals surface area contributed by atoms with E-state index in [1.165, 1.54) is 18.2 Å². The average molecular weight is 292 g/mol. The number of sulfonamides is 1. The Kier molecular flexibility index (Phi) is 4.42. The van der Waals surface area contributed by atoms with Crippen molar-refractivity contribution in [1.82, 2.24) is 0 Å². The van der Waals surface area contributed by atoms with Gasteiger partial charge in [-0.15, -0.1) is 0 Å². The molecule has 0 saturated carbocycles. The highest BCUT2D eigenvalue weighted by molar-refractivity contribution is 7.93. The summed E-state index contributed by atoms with van der Waals surface area (Å²) in [7, 11) is -3.46. The van der Waals surface area contributed by atoms with Gasteiger partial charge < -0.3 is 10.9 Å². The molecule has 100 valence electrons. The molecule has 0 aliphatic carbocycles. The summed E-state index contributed by atoms with van der Waals surface area (Å²) < 4.78 is 25.7. The smallest absolute Gasteiger partial charge is 0.235 e. The third-order valence-corrected chi connectivity index (χ3v) is 4.30. The van der Waals surface area contributed by atoms with E-state index >= 15 is 0 Å². The summed E-state index contributed by atoms with van der Waals surface area (Å²) in [4.78, 5) is 0. The van der Waals surface area contributed by atoms with Gasteiger partial charge in [-0.1, -0.05) is 16.8 Å². The quantitative estimate of drug-likeness (QED) is 0.339. The molecule has 6 nitrogen and oxygen atoms in total. The fourth-order valence-electron chi connectivity index (χ4n) is 1.09. The van der Waals surface area contributed by atoms with E-state index in [2.05, 4.69) is 9.88 Å². The van der Waals surface area contributed by atoms with Gasteiger partial charge in [-0.2, -0.15) is 0 Å². The van der Waals surface area contributed by atoms with E-state index in [-0.39, 0.29) is 16.5 Å². The molecule has 0 amide bonds. The highest BCUT2D eigenvalue weighted by Gasteiger charge is 2.17. The topological polar surface area (TPSA) is 105 Å². The molecule has 8 heteroatoms. The van der Waals surface area contributed by atoms with Crippen LogP contribution in [0, 0.1) is 0 Å². The molecule has 0 unspecified atom stereocenters. The van der Waals surface area contributed by atoms with Gasteiger partial charge in [0.15, 0.2) is 5.84 Å². The van der Waals surface area contributed by atoms with E-state index in [0.717, 1.165) is 0 Å². The molecule has 4 N–H and O–H groups in total. The van der Waals surface area contributed by atoms with Gasteiger partial charge in [0.05, 0.1) is 16.0 Å². The fraction of sp³-hybridized carbons (Fsp3) is 0.300. The average Bonchev–Trinajstić information content (AvgIpc) is 2.30. The lowest BCUT2D eigenvalue weighted by Gasteiger charge is -2.12. The number of rotatable bonds is 4. The minimum Gasteiger partial charge on any atom is -0.409 e. The first-order valence-electron chi connectivity index (χ1n) is 5.07. The number of nitrogens with zero attached hydrogens (tertiary/aromatic N) is 1. The minimum absolute atomic E-state index is 0.102. The van der Waals surface area contributed by atoms with Gasteiger partial charge in [-0.3, -0.25) is 4.72 Å². The number of halogens is 1. The molecular formula is C10H14ClN3O3S. The van der Waals surface area contributed by atoms with Gasteiger partial charge >= 0.3 is 0 Å². The third-order valence-electron chi connectivity index (χ3n) is 2.25. The van der Waals surface area contributed by atoms with Crippen molar-refractivity contribution in [3.8, 4) is 0 Å². The molecule has 0 aliphatic heterocycles.